The van der Waals surface area contributed by atoms with E-state index in [-0.39, 0.29) is 17.9 Å². The number of hydrogen-bond acceptors (Lipinski definition) is 4. The van der Waals surface area contributed by atoms with Crippen molar-refractivity contribution in [3.05, 3.63) is 23.8 Å². The van der Waals surface area contributed by atoms with Crippen LogP contribution in [-0.4, -0.2) is 26.8 Å². The van der Waals surface area contributed by atoms with Crippen molar-refractivity contribution in [3.8, 4) is 11.5 Å². The number of carboxylic acids is 1. The molecule has 1 atom stereocenters. The molecule has 18 heavy (non-hydrogen) atoms. The van der Waals surface area contributed by atoms with E-state index < -0.39 is 11.5 Å². The molecule has 0 bridgehead atoms. The molecule has 0 saturated heterocycles. The van der Waals surface area contributed by atoms with Crippen molar-refractivity contribution in [3.63, 3.8) is 0 Å². The Morgan fingerprint density at radius 3 is 2.28 bits per heavy atom. The second kappa shape index (κ2) is 5.73. The molecule has 0 radical (unpaired) electrons. The fourth-order valence-electron chi connectivity index (χ4n) is 1.89. The topological polar surface area (TPSA) is 104 Å². The van der Waals surface area contributed by atoms with Crippen molar-refractivity contribution < 1.29 is 20.1 Å². The van der Waals surface area contributed by atoms with Gasteiger partial charge in [-0.25, -0.2) is 0 Å². The van der Waals surface area contributed by atoms with E-state index in [4.69, 9.17) is 5.73 Å². The lowest BCUT2D eigenvalue weighted by Gasteiger charge is -2.24. The highest BCUT2D eigenvalue weighted by Crippen LogP contribution is 2.25. The van der Waals surface area contributed by atoms with Crippen LogP contribution in [0.2, 0.25) is 0 Å². The zero-order chi connectivity index (χ0) is 13.8. The first-order valence-corrected chi connectivity index (χ1v) is 5.91. The Morgan fingerprint density at radius 1 is 1.28 bits per heavy atom. The summed E-state index contributed by atoms with van der Waals surface area (Å²) in [4.78, 5) is 11.3. The van der Waals surface area contributed by atoms with Gasteiger partial charge in [0.2, 0.25) is 0 Å². The molecule has 1 rings (SSSR count). The fraction of sp³-hybridized carbons (Fsp3) is 0.462. The SMILES string of the molecule is CCCC[C@](N)(Cc1cc(O)cc(O)c1)C(=O)O. The van der Waals surface area contributed by atoms with Crippen molar-refractivity contribution in [1.82, 2.24) is 0 Å². The molecule has 5 N–H and O–H groups in total. The van der Waals surface area contributed by atoms with Crippen molar-refractivity contribution in [2.24, 2.45) is 5.73 Å². The Bertz CT molecular complexity index is 413. The monoisotopic (exact) mass is 253 g/mol. The summed E-state index contributed by atoms with van der Waals surface area (Å²) in [5.41, 5.74) is 5.04. The van der Waals surface area contributed by atoms with E-state index in [0.29, 0.717) is 18.4 Å². The van der Waals surface area contributed by atoms with Gasteiger partial charge in [-0.1, -0.05) is 19.8 Å². The van der Waals surface area contributed by atoms with Gasteiger partial charge in [0.1, 0.15) is 17.0 Å². The Hall–Kier alpha value is -1.75. The molecule has 0 unspecified atom stereocenters. The molecule has 0 heterocycles. The van der Waals surface area contributed by atoms with Crippen LogP contribution in [-0.2, 0) is 11.2 Å². The summed E-state index contributed by atoms with van der Waals surface area (Å²) >= 11 is 0. The van der Waals surface area contributed by atoms with E-state index in [1.165, 1.54) is 18.2 Å². The maximum Gasteiger partial charge on any atom is 0.324 e. The minimum atomic E-state index is -1.36. The van der Waals surface area contributed by atoms with Crippen LogP contribution in [0.5, 0.6) is 11.5 Å². The van der Waals surface area contributed by atoms with Gasteiger partial charge in [-0.15, -0.1) is 0 Å². The van der Waals surface area contributed by atoms with Crippen LogP contribution in [0.4, 0.5) is 0 Å². The number of aromatic hydroxyl groups is 2. The van der Waals surface area contributed by atoms with Gasteiger partial charge >= 0.3 is 5.97 Å². The molecule has 5 nitrogen and oxygen atoms in total. The molecule has 0 aliphatic rings. The molecule has 0 spiro atoms. The van der Waals surface area contributed by atoms with Gasteiger partial charge in [-0.2, -0.15) is 0 Å². The van der Waals surface area contributed by atoms with Crippen LogP contribution in [0, 0.1) is 0 Å². The third-order valence-corrected chi connectivity index (χ3v) is 2.88. The summed E-state index contributed by atoms with van der Waals surface area (Å²) in [5.74, 6) is -1.28. The Balaban J connectivity index is 2.92. The maximum absolute atomic E-state index is 11.3. The molecule has 0 aliphatic heterocycles. The first-order chi connectivity index (χ1) is 8.37. The lowest BCUT2D eigenvalue weighted by molar-refractivity contribution is -0.143. The van der Waals surface area contributed by atoms with E-state index in [1.807, 2.05) is 6.92 Å². The summed E-state index contributed by atoms with van der Waals surface area (Å²) in [6, 6.07) is 4.01. The van der Waals surface area contributed by atoms with Gasteiger partial charge in [0.25, 0.3) is 0 Å². The molecular formula is C13H19NO4. The van der Waals surface area contributed by atoms with Crippen LogP contribution in [0.3, 0.4) is 0 Å². The number of phenolic OH excluding ortho intramolecular Hbond substituents is 2. The molecule has 0 saturated carbocycles. The van der Waals surface area contributed by atoms with Gasteiger partial charge in [-0.3, -0.25) is 4.79 Å². The Kier molecular flexibility index (Phi) is 4.55. The van der Waals surface area contributed by atoms with Gasteiger partial charge in [0.05, 0.1) is 0 Å². The van der Waals surface area contributed by atoms with E-state index >= 15 is 0 Å². The molecule has 0 fully saturated rings. The van der Waals surface area contributed by atoms with Crippen LogP contribution in [0.15, 0.2) is 18.2 Å². The highest BCUT2D eigenvalue weighted by molar-refractivity contribution is 5.79. The average molecular weight is 253 g/mol. The summed E-state index contributed by atoms with van der Waals surface area (Å²) in [6.07, 6.45) is 2.00. The highest BCUT2D eigenvalue weighted by atomic mass is 16.4. The number of rotatable bonds is 6. The number of hydrogen-bond donors (Lipinski definition) is 4. The Morgan fingerprint density at radius 2 is 1.83 bits per heavy atom. The van der Waals surface area contributed by atoms with Gasteiger partial charge in [0.15, 0.2) is 0 Å². The van der Waals surface area contributed by atoms with Crippen molar-refractivity contribution in [1.29, 1.82) is 0 Å². The van der Waals surface area contributed by atoms with Crippen molar-refractivity contribution in [2.45, 2.75) is 38.1 Å². The van der Waals surface area contributed by atoms with Crippen LogP contribution in [0.1, 0.15) is 31.7 Å². The predicted octanol–water partition coefficient (Wildman–Crippen LogP) is 1.61. The number of phenols is 2. The second-order valence-electron chi connectivity index (χ2n) is 4.60. The number of benzene rings is 1. The minimum Gasteiger partial charge on any atom is -0.508 e. The summed E-state index contributed by atoms with van der Waals surface area (Å²) < 4.78 is 0. The number of nitrogens with two attached hydrogens (primary N) is 1. The summed E-state index contributed by atoms with van der Waals surface area (Å²) in [5, 5.41) is 27.9. The van der Waals surface area contributed by atoms with Gasteiger partial charge in [0, 0.05) is 12.5 Å². The first-order valence-electron chi connectivity index (χ1n) is 5.91. The Labute approximate surface area is 106 Å². The lowest BCUT2D eigenvalue weighted by Crippen LogP contribution is -2.49. The van der Waals surface area contributed by atoms with E-state index in [0.717, 1.165) is 6.42 Å². The zero-order valence-corrected chi connectivity index (χ0v) is 10.4. The zero-order valence-electron chi connectivity index (χ0n) is 10.4. The van der Waals surface area contributed by atoms with E-state index in [9.17, 15) is 20.1 Å². The number of carboxylic acid groups (broad SMARTS) is 1. The van der Waals surface area contributed by atoms with Crippen molar-refractivity contribution in [2.75, 3.05) is 0 Å². The highest BCUT2D eigenvalue weighted by Gasteiger charge is 2.33. The average Bonchev–Trinajstić information content (AvgIpc) is 2.24. The molecule has 5 heteroatoms. The molecule has 0 amide bonds. The first kappa shape index (κ1) is 14.3. The number of unbranched alkanes of at least 4 members (excludes halogenated alkanes) is 1. The van der Waals surface area contributed by atoms with Crippen molar-refractivity contribution >= 4 is 5.97 Å². The van der Waals surface area contributed by atoms with Gasteiger partial charge < -0.3 is 21.1 Å². The number of carbonyl (C=O) groups is 1. The standard InChI is InChI=1S/C13H19NO4/c1-2-3-4-13(14,12(17)18)8-9-5-10(15)7-11(16)6-9/h5-7,15-16H,2-4,8,14H2,1H3,(H,17,18)/t13-/m0/s1. The molecule has 0 aliphatic carbocycles. The molecule has 1 aromatic carbocycles. The molecule has 100 valence electrons. The third-order valence-electron chi connectivity index (χ3n) is 2.88. The second-order valence-corrected chi connectivity index (χ2v) is 4.60. The van der Waals surface area contributed by atoms with Gasteiger partial charge in [-0.05, 0) is 24.1 Å². The minimum absolute atomic E-state index is 0.0737. The summed E-state index contributed by atoms with van der Waals surface area (Å²) in [6.45, 7) is 1.96. The molecule has 0 aromatic heterocycles. The van der Waals surface area contributed by atoms with Crippen LogP contribution >= 0.6 is 0 Å². The molecular weight excluding hydrogens is 234 g/mol. The normalized spacial score (nSPS) is 14.1. The lowest BCUT2D eigenvalue weighted by atomic mass is 9.87. The predicted molar refractivity (Wildman–Crippen MR) is 67.6 cm³/mol. The quantitative estimate of drug-likeness (QED) is 0.616. The van der Waals surface area contributed by atoms with Crippen LogP contribution in [0.25, 0.3) is 0 Å². The fourth-order valence-corrected chi connectivity index (χ4v) is 1.89. The van der Waals surface area contributed by atoms with E-state index in [1.54, 1.807) is 0 Å². The van der Waals surface area contributed by atoms with E-state index in [2.05, 4.69) is 0 Å². The smallest absolute Gasteiger partial charge is 0.324 e. The largest absolute Gasteiger partial charge is 0.508 e. The maximum atomic E-state index is 11.3. The number of aliphatic carboxylic acids is 1. The summed E-state index contributed by atoms with van der Waals surface area (Å²) in [7, 11) is 0. The molecule has 1 aromatic rings. The third kappa shape index (κ3) is 3.63. The van der Waals surface area contributed by atoms with Crippen LogP contribution < -0.4 is 5.73 Å².